The minimum atomic E-state index is -0.414. The highest BCUT2D eigenvalue weighted by Gasteiger charge is 2.17. The lowest BCUT2D eigenvalue weighted by Gasteiger charge is -2.07. The molecule has 0 saturated carbocycles. The van der Waals surface area contributed by atoms with Crippen molar-refractivity contribution >= 4 is 38.5 Å². The van der Waals surface area contributed by atoms with Gasteiger partial charge in [-0.25, -0.2) is 0 Å². The Labute approximate surface area is 140 Å². The number of nitrogens with one attached hydrogen (secondary N) is 1. The van der Waals surface area contributed by atoms with E-state index in [-0.39, 0.29) is 5.88 Å². The number of rotatable bonds is 3. The van der Waals surface area contributed by atoms with Crippen LogP contribution in [0.4, 0.5) is 5.69 Å². The van der Waals surface area contributed by atoms with Crippen LogP contribution >= 0.6 is 15.9 Å². The van der Waals surface area contributed by atoms with Gasteiger partial charge in [0.1, 0.15) is 0 Å². The van der Waals surface area contributed by atoms with E-state index in [2.05, 4.69) is 26.2 Å². The Kier molecular flexibility index (Phi) is 4.12. The Morgan fingerprint density at radius 3 is 2.65 bits per heavy atom. The van der Waals surface area contributed by atoms with Crippen molar-refractivity contribution in [1.82, 2.24) is 4.57 Å². The molecule has 0 fully saturated rings. The molecule has 116 valence electrons. The molecule has 0 atom stereocenters. The van der Waals surface area contributed by atoms with Crippen molar-refractivity contribution in [2.75, 3.05) is 0 Å². The maximum absolute atomic E-state index is 10.6. The number of benzene rings is 2. The van der Waals surface area contributed by atoms with Gasteiger partial charge in [0.05, 0.1) is 12.1 Å². The molecule has 6 nitrogen and oxygen atoms in total. The molecule has 0 spiro atoms. The van der Waals surface area contributed by atoms with Crippen LogP contribution in [0.5, 0.6) is 5.88 Å². The highest BCUT2D eigenvalue weighted by molar-refractivity contribution is 9.10. The molecular formula is C16H14BrN5O. The van der Waals surface area contributed by atoms with E-state index in [0.29, 0.717) is 12.2 Å². The summed E-state index contributed by atoms with van der Waals surface area (Å²) in [6.45, 7) is 0.500. The van der Waals surface area contributed by atoms with Crippen molar-refractivity contribution in [2.45, 2.75) is 6.54 Å². The van der Waals surface area contributed by atoms with E-state index in [1.165, 1.54) is 0 Å². The van der Waals surface area contributed by atoms with Crippen molar-refractivity contribution in [3.05, 3.63) is 58.6 Å². The van der Waals surface area contributed by atoms with Gasteiger partial charge in [-0.3, -0.25) is 5.41 Å². The molecule has 0 bridgehead atoms. The molecule has 0 aliphatic carbocycles. The summed E-state index contributed by atoms with van der Waals surface area (Å²) in [5.41, 5.74) is 7.40. The summed E-state index contributed by atoms with van der Waals surface area (Å²) in [4.78, 5) is 0. The third kappa shape index (κ3) is 3.09. The number of aromatic nitrogens is 1. The van der Waals surface area contributed by atoms with E-state index in [1.54, 1.807) is 4.57 Å². The maximum atomic E-state index is 10.6. The number of aromatic hydroxyl groups is 1. The van der Waals surface area contributed by atoms with Crippen LogP contribution in [-0.2, 0) is 6.54 Å². The maximum Gasteiger partial charge on any atom is 0.232 e. The van der Waals surface area contributed by atoms with E-state index < -0.39 is 5.96 Å². The highest BCUT2D eigenvalue weighted by Crippen LogP contribution is 2.40. The van der Waals surface area contributed by atoms with Crippen LogP contribution in [-0.4, -0.2) is 15.6 Å². The van der Waals surface area contributed by atoms with Gasteiger partial charge in [-0.05, 0) is 23.8 Å². The normalized spacial score (nSPS) is 11.3. The van der Waals surface area contributed by atoms with Gasteiger partial charge in [0, 0.05) is 9.86 Å². The van der Waals surface area contributed by atoms with E-state index in [9.17, 15) is 5.11 Å². The topological polar surface area (TPSA) is 99.8 Å². The molecule has 3 rings (SSSR count). The summed E-state index contributed by atoms with van der Waals surface area (Å²) in [6, 6.07) is 15.5. The fourth-order valence-electron chi connectivity index (χ4n) is 2.42. The summed E-state index contributed by atoms with van der Waals surface area (Å²) < 4.78 is 2.62. The third-order valence-corrected chi connectivity index (χ3v) is 3.91. The second-order valence-electron chi connectivity index (χ2n) is 4.99. The first kappa shape index (κ1) is 15.2. The minimum absolute atomic E-state index is 0.00745. The Balaban J connectivity index is 2.17. The third-order valence-electron chi connectivity index (χ3n) is 3.41. The van der Waals surface area contributed by atoms with E-state index in [0.717, 1.165) is 20.9 Å². The lowest BCUT2D eigenvalue weighted by Crippen LogP contribution is -2.03. The first-order valence-corrected chi connectivity index (χ1v) is 7.66. The summed E-state index contributed by atoms with van der Waals surface area (Å²) in [5.74, 6) is -0.421. The Hall–Kier alpha value is -2.67. The van der Waals surface area contributed by atoms with Gasteiger partial charge >= 0.3 is 0 Å². The van der Waals surface area contributed by atoms with Crippen molar-refractivity contribution in [2.24, 2.45) is 16.0 Å². The number of guanidine groups is 1. The molecule has 0 aliphatic rings. The SMILES string of the molecule is N=C(N)N=Nc1c(O)n(Cc2ccccc2)c2ccc(Br)cc12. The lowest BCUT2D eigenvalue weighted by atomic mass is 10.2. The molecule has 7 heteroatoms. The zero-order valence-corrected chi connectivity index (χ0v) is 13.7. The second kappa shape index (κ2) is 6.21. The molecule has 0 amide bonds. The Bertz CT molecular complexity index is 902. The predicted octanol–water partition coefficient (Wildman–Crippen LogP) is 4.13. The van der Waals surface area contributed by atoms with Crippen LogP contribution in [0.15, 0.2) is 63.2 Å². The monoisotopic (exact) mass is 371 g/mol. The first-order valence-electron chi connectivity index (χ1n) is 6.86. The molecular weight excluding hydrogens is 358 g/mol. The van der Waals surface area contributed by atoms with Crippen molar-refractivity contribution in [3.63, 3.8) is 0 Å². The highest BCUT2D eigenvalue weighted by atomic mass is 79.9. The average Bonchev–Trinajstić information content (AvgIpc) is 2.78. The number of fused-ring (bicyclic) bond motifs is 1. The zero-order chi connectivity index (χ0) is 16.4. The molecule has 1 aromatic heterocycles. The number of azo groups is 1. The standard InChI is InChI=1S/C16H14BrN5O/c17-11-6-7-13-12(8-11)14(20-21-16(18)19)15(23)22(13)9-10-4-2-1-3-5-10/h1-8,23H,9H2,(H3,18,19). The summed E-state index contributed by atoms with van der Waals surface area (Å²) in [6.07, 6.45) is 0. The molecule has 0 saturated heterocycles. The zero-order valence-electron chi connectivity index (χ0n) is 12.1. The molecule has 1 heterocycles. The molecule has 23 heavy (non-hydrogen) atoms. The van der Waals surface area contributed by atoms with Crippen LogP contribution in [0.1, 0.15) is 5.56 Å². The van der Waals surface area contributed by atoms with Crippen LogP contribution in [0.25, 0.3) is 10.9 Å². The number of hydrogen-bond acceptors (Lipinski definition) is 3. The lowest BCUT2D eigenvalue weighted by molar-refractivity contribution is 0.429. The van der Waals surface area contributed by atoms with Gasteiger partial charge in [-0.2, -0.15) is 0 Å². The van der Waals surface area contributed by atoms with Crippen LogP contribution in [0.3, 0.4) is 0 Å². The van der Waals surface area contributed by atoms with Gasteiger partial charge in [0.25, 0.3) is 0 Å². The molecule has 3 aromatic rings. The van der Waals surface area contributed by atoms with Crippen LogP contribution < -0.4 is 5.73 Å². The smallest absolute Gasteiger partial charge is 0.232 e. The quantitative estimate of drug-likeness (QED) is 0.366. The van der Waals surface area contributed by atoms with Crippen LogP contribution in [0.2, 0.25) is 0 Å². The van der Waals surface area contributed by atoms with Crippen molar-refractivity contribution in [1.29, 1.82) is 5.41 Å². The molecule has 0 aliphatic heterocycles. The van der Waals surface area contributed by atoms with Crippen LogP contribution in [0, 0.1) is 5.41 Å². The Morgan fingerprint density at radius 1 is 1.22 bits per heavy atom. The number of nitrogens with zero attached hydrogens (tertiary/aromatic N) is 3. The van der Waals surface area contributed by atoms with Gasteiger partial charge in [-0.1, -0.05) is 46.3 Å². The van der Waals surface area contributed by atoms with Gasteiger partial charge in [0.2, 0.25) is 11.8 Å². The predicted molar refractivity (Wildman–Crippen MR) is 93.3 cm³/mol. The van der Waals surface area contributed by atoms with E-state index >= 15 is 0 Å². The van der Waals surface area contributed by atoms with E-state index in [4.69, 9.17) is 11.1 Å². The van der Waals surface area contributed by atoms with Crippen molar-refractivity contribution < 1.29 is 5.11 Å². The fourth-order valence-corrected chi connectivity index (χ4v) is 2.79. The second-order valence-corrected chi connectivity index (χ2v) is 5.91. The van der Waals surface area contributed by atoms with Gasteiger partial charge in [-0.15, -0.1) is 10.2 Å². The number of hydrogen-bond donors (Lipinski definition) is 3. The summed E-state index contributed by atoms with van der Waals surface area (Å²) >= 11 is 3.42. The first-order chi connectivity index (χ1) is 11.1. The average molecular weight is 372 g/mol. The number of halogens is 1. The van der Waals surface area contributed by atoms with E-state index in [1.807, 2.05) is 48.5 Å². The largest absolute Gasteiger partial charge is 0.493 e. The van der Waals surface area contributed by atoms with Gasteiger partial charge < -0.3 is 15.4 Å². The molecule has 4 N–H and O–H groups in total. The molecule has 0 unspecified atom stereocenters. The fraction of sp³-hybridized carbons (Fsp3) is 0.0625. The summed E-state index contributed by atoms with van der Waals surface area (Å²) in [5, 5.41) is 25.9. The minimum Gasteiger partial charge on any atom is -0.493 e. The van der Waals surface area contributed by atoms with Crippen molar-refractivity contribution in [3.8, 4) is 5.88 Å². The molecule has 0 radical (unpaired) electrons. The number of nitrogens with two attached hydrogens (primary N) is 1. The Morgan fingerprint density at radius 2 is 1.96 bits per heavy atom. The molecule has 2 aromatic carbocycles. The van der Waals surface area contributed by atoms with Gasteiger partial charge in [0.15, 0.2) is 5.69 Å². The summed E-state index contributed by atoms with van der Waals surface area (Å²) in [7, 11) is 0.